The highest BCUT2D eigenvalue weighted by atomic mass is 35.5. The Bertz CT molecular complexity index is 1230. The number of fused-ring (bicyclic) bond motifs is 2. The summed E-state index contributed by atoms with van der Waals surface area (Å²) in [7, 11) is 0. The zero-order valence-electron chi connectivity index (χ0n) is 19.1. The Kier molecular flexibility index (Phi) is 7.41. The quantitative estimate of drug-likeness (QED) is 0.257. The second-order valence-electron chi connectivity index (χ2n) is 8.41. The fraction of sp³-hybridized carbons (Fsp3) is 0.400. The number of aromatic nitrogens is 2. The van der Waals surface area contributed by atoms with Gasteiger partial charge in [0.15, 0.2) is 5.16 Å². The van der Waals surface area contributed by atoms with Gasteiger partial charge in [-0.3, -0.25) is 14.2 Å². The lowest BCUT2D eigenvalue weighted by Gasteiger charge is -2.22. The van der Waals surface area contributed by atoms with E-state index in [0.29, 0.717) is 47.2 Å². The summed E-state index contributed by atoms with van der Waals surface area (Å²) in [5.74, 6) is 0.0140. The predicted molar refractivity (Wildman–Crippen MR) is 135 cm³/mol. The first-order valence-electron chi connectivity index (χ1n) is 11.2. The molecule has 0 fully saturated rings. The number of benzene rings is 2. The minimum atomic E-state index is -0.405. The number of rotatable bonds is 8. The van der Waals surface area contributed by atoms with Crippen LogP contribution in [0.25, 0.3) is 10.9 Å². The number of nitrogens with zero attached hydrogens (tertiary/aromatic N) is 3. The fourth-order valence-electron chi connectivity index (χ4n) is 4.00. The van der Waals surface area contributed by atoms with E-state index >= 15 is 0 Å². The minimum absolute atomic E-state index is 0.0140. The van der Waals surface area contributed by atoms with Crippen LogP contribution in [0.3, 0.4) is 0 Å². The van der Waals surface area contributed by atoms with E-state index in [0.717, 1.165) is 12.1 Å². The van der Waals surface area contributed by atoms with Crippen LogP contribution in [-0.4, -0.2) is 40.0 Å². The molecule has 1 aliphatic heterocycles. The second-order valence-corrected chi connectivity index (χ2v) is 10.2. The van der Waals surface area contributed by atoms with Crippen molar-refractivity contribution in [1.82, 2.24) is 9.55 Å². The first-order valence-corrected chi connectivity index (χ1v) is 12.5. The van der Waals surface area contributed by atoms with Gasteiger partial charge in [0.05, 0.1) is 22.3 Å². The molecule has 0 unspecified atom stereocenters. The van der Waals surface area contributed by atoms with Gasteiger partial charge in [-0.15, -0.1) is 0 Å². The molecular weight excluding hydrogens is 458 g/mol. The number of carbonyl (C=O) groups excluding carboxylic acids is 1. The van der Waals surface area contributed by atoms with Crippen LogP contribution < -0.4 is 10.5 Å². The van der Waals surface area contributed by atoms with Gasteiger partial charge in [0.1, 0.15) is 0 Å². The van der Waals surface area contributed by atoms with Crippen LogP contribution in [0, 0.1) is 0 Å². The van der Waals surface area contributed by atoms with E-state index in [2.05, 4.69) is 6.07 Å². The number of thioether (sulfide) groups is 1. The first-order chi connectivity index (χ1) is 15.8. The maximum atomic E-state index is 13.3. The Morgan fingerprint density at radius 2 is 2.00 bits per heavy atom. The van der Waals surface area contributed by atoms with Crippen LogP contribution in [0.2, 0.25) is 5.02 Å². The summed E-state index contributed by atoms with van der Waals surface area (Å²) >= 11 is 7.47. The maximum absolute atomic E-state index is 13.3. The van der Waals surface area contributed by atoms with E-state index in [-0.39, 0.29) is 17.6 Å². The molecule has 174 valence electrons. The summed E-state index contributed by atoms with van der Waals surface area (Å²) in [5.41, 5.74) is 2.56. The van der Waals surface area contributed by atoms with Crippen molar-refractivity contribution in [3.8, 4) is 0 Å². The number of carbonyl (C=O) groups is 1. The highest BCUT2D eigenvalue weighted by Crippen LogP contribution is 2.31. The summed E-state index contributed by atoms with van der Waals surface area (Å²) in [5, 5.41) is 1.15. The molecule has 0 bridgehead atoms. The maximum Gasteiger partial charge on any atom is 0.262 e. The van der Waals surface area contributed by atoms with E-state index in [9.17, 15) is 9.59 Å². The van der Waals surface area contributed by atoms with Gasteiger partial charge in [-0.2, -0.15) is 0 Å². The molecule has 1 amide bonds. The summed E-state index contributed by atoms with van der Waals surface area (Å²) in [6.07, 6.45) is 1.66. The monoisotopic (exact) mass is 485 g/mol. The average Bonchev–Trinajstić information content (AvgIpc) is 3.21. The Morgan fingerprint density at radius 3 is 2.79 bits per heavy atom. The van der Waals surface area contributed by atoms with Gasteiger partial charge < -0.3 is 9.64 Å². The normalized spacial score (nSPS) is 14.2. The summed E-state index contributed by atoms with van der Waals surface area (Å²) < 4.78 is 7.30. The van der Waals surface area contributed by atoms with Gasteiger partial charge in [-0.05, 0) is 63.4 Å². The average molecular weight is 486 g/mol. The lowest BCUT2D eigenvalue weighted by atomic mass is 10.2. The molecule has 3 aromatic rings. The van der Waals surface area contributed by atoms with Crippen molar-refractivity contribution in [1.29, 1.82) is 0 Å². The fourth-order valence-corrected chi connectivity index (χ4v) is 5.16. The van der Waals surface area contributed by atoms with Crippen molar-refractivity contribution in [3.63, 3.8) is 0 Å². The molecule has 1 atom stereocenters. The number of para-hydroxylation sites is 1. The molecule has 1 aliphatic rings. The highest BCUT2D eigenvalue weighted by molar-refractivity contribution is 8.00. The molecule has 0 aliphatic carbocycles. The lowest BCUT2D eigenvalue weighted by molar-refractivity contribution is -0.117. The van der Waals surface area contributed by atoms with Gasteiger partial charge in [0.25, 0.3) is 5.56 Å². The molecule has 0 saturated heterocycles. The number of halogens is 1. The van der Waals surface area contributed by atoms with E-state index < -0.39 is 5.25 Å². The van der Waals surface area contributed by atoms with E-state index in [1.54, 1.807) is 22.8 Å². The molecule has 2 heterocycles. The number of hydrogen-bond acceptors (Lipinski definition) is 5. The number of ether oxygens (including phenoxy) is 1. The molecule has 0 saturated carbocycles. The van der Waals surface area contributed by atoms with E-state index in [4.69, 9.17) is 21.3 Å². The van der Waals surface area contributed by atoms with Gasteiger partial charge >= 0.3 is 0 Å². The van der Waals surface area contributed by atoms with Gasteiger partial charge in [0, 0.05) is 30.4 Å². The van der Waals surface area contributed by atoms with Gasteiger partial charge in [-0.25, -0.2) is 4.98 Å². The molecule has 0 spiro atoms. The van der Waals surface area contributed by atoms with Crippen LogP contribution in [0.4, 0.5) is 5.69 Å². The third-order valence-corrected chi connectivity index (χ3v) is 6.96. The van der Waals surface area contributed by atoms with Crippen LogP contribution >= 0.6 is 23.4 Å². The SMILES string of the molecule is CC(C)OCCCn1c(S[C@H](C)C(=O)N2CCc3ccccc32)nc2cc(Cl)ccc2c1=O. The molecule has 2 aromatic carbocycles. The zero-order chi connectivity index (χ0) is 23.5. The van der Waals surface area contributed by atoms with Gasteiger partial charge in [-0.1, -0.05) is 41.6 Å². The van der Waals surface area contributed by atoms with Crippen molar-refractivity contribution in [2.45, 2.75) is 56.7 Å². The molecular formula is C25H28ClN3O3S. The molecule has 6 nitrogen and oxygen atoms in total. The summed E-state index contributed by atoms with van der Waals surface area (Å²) in [6, 6.07) is 13.1. The number of amides is 1. The van der Waals surface area contributed by atoms with Crippen molar-refractivity contribution in [2.24, 2.45) is 0 Å². The topological polar surface area (TPSA) is 64.4 Å². The summed E-state index contributed by atoms with van der Waals surface area (Å²) in [6.45, 7) is 7.52. The zero-order valence-corrected chi connectivity index (χ0v) is 20.7. The standard InChI is InChI=1S/C25H28ClN3O3S/c1-16(2)32-14-6-12-29-24(31)20-10-9-19(26)15-21(20)27-25(29)33-17(3)23(30)28-13-11-18-7-4-5-8-22(18)28/h4-5,7-10,15-17H,6,11-14H2,1-3H3/t17-/m1/s1. The van der Waals surface area contributed by atoms with Crippen molar-refractivity contribution < 1.29 is 9.53 Å². The largest absolute Gasteiger partial charge is 0.379 e. The Morgan fingerprint density at radius 1 is 1.21 bits per heavy atom. The predicted octanol–water partition coefficient (Wildman–Crippen LogP) is 4.93. The van der Waals surface area contributed by atoms with E-state index in [1.165, 1.54) is 17.3 Å². The van der Waals surface area contributed by atoms with E-state index in [1.807, 2.05) is 43.9 Å². The summed E-state index contributed by atoms with van der Waals surface area (Å²) in [4.78, 5) is 33.2. The molecule has 0 radical (unpaired) electrons. The lowest BCUT2D eigenvalue weighted by Crippen LogP contribution is -2.36. The van der Waals surface area contributed by atoms with Crippen LogP contribution in [0.1, 0.15) is 32.8 Å². The first kappa shape index (κ1) is 23.8. The Balaban J connectivity index is 1.61. The smallest absolute Gasteiger partial charge is 0.262 e. The van der Waals surface area contributed by atoms with Crippen LogP contribution in [0.15, 0.2) is 52.4 Å². The minimum Gasteiger partial charge on any atom is -0.379 e. The third-order valence-electron chi connectivity index (χ3n) is 5.64. The van der Waals surface area contributed by atoms with Gasteiger partial charge in [0.2, 0.25) is 5.91 Å². The highest BCUT2D eigenvalue weighted by Gasteiger charge is 2.29. The Hall–Kier alpha value is -2.35. The van der Waals surface area contributed by atoms with Crippen LogP contribution in [-0.2, 0) is 22.5 Å². The number of anilines is 1. The van der Waals surface area contributed by atoms with Crippen LogP contribution in [0.5, 0.6) is 0 Å². The third kappa shape index (κ3) is 5.26. The molecule has 8 heteroatoms. The Labute approximate surface area is 202 Å². The molecule has 0 N–H and O–H groups in total. The second kappa shape index (κ2) is 10.3. The van der Waals surface area contributed by atoms with Crippen molar-refractivity contribution >= 4 is 45.9 Å². The van der Waals surface area contributed by atoms with Crippen molar-refractivity contribution in [3.05, 3.63) is 63.4 Å². The molecule has 4 rings (SSSR count). The number of hydrogen-bond donors (Lipinski definition) is 0. The molecule has 33 heavy (non-hydrogen) atoms. The molecule has 1 aromatic heterocycles. The van der Waals surface area contributed by atoms with Crippen molar-refractivity contribution in [2.75, 3.05) is 18.1 Å².